The van der Waals surface area contributed by atoms with E-state index in [0.717, 1.165) is 50.5 Å². The van der Waals surface area contributed by atoms with Crippen LogP contribution in [0.25, 0.3) is 0 Å². The molecular weight excluding hydrogens is 521 g/mol. The van der Waals surface area contributed by atoms with Crippen molar-refractivity contribution in [3.05, 3.63) is 47.3 Å². The third kappa shape index (κ3) is 7.03. The Morgan fingerprint density at radius 2 is 1.86 bits per heavy atom. The first-order chi connectivity index (χ1) is 13.5. The predicted molar refractivity (Wildman–Crippen MR) is 133 cm³/mol. The zero-order chi connectivity index (χ0) is 20.0. The smallest absolute Gasteiger partial charge is 0.229 e. The van der Waals surface area contributed by atoms with E-state index in [2.05, 4.69) is 44.3 Å². The molecule has 0 saturated carbocycles. The van der Waals surface area contributed by atoms with Gasteiger partial charge in [-0.3, -0.25) is 4.72 Å². The average Bonchev–Trinajstić information content (AvgIpc) is 3.20. The van der Waals surface area contributed by atoms with Crippen LogP contribution in [0.3, 0.4) is 0 Å². The topological polar surface area (TPSA) is 77.0 Å². The lowest BCUT2D eigenvalue weighted by molar-refractivity contribution is 0.373. The van der Waals surface area contributed by atoms with E-state index < -0.39 is 10.0 Å². The Morgan fingerprint density at radius 3 is 2.48 bits per heavy atom. The molecule has 1 aliphatic rings. The minimum atomic E-state index is -3.33. The summed E-state index contributed by atoms with van der Waals surface area (Å²) in [6, 6.07) is 11.6. The minimum Gasteiger partial charge on any atom is -0.360 e. The highest BCUT2D eigenvalue weighted by atomic mass is 127. The summed E-state index contributed by atoms with van der Waals surface area (Å²) in [5.41, 5.74) is 1.42. The first-order valence-corrected chi connectivity index (χ1v) is 12.1. The van der Waals surface area contributed by atoms with Crippen molar-refractivity contribution in [2.45, 2.75) is 13.5 Å². The van der Waals surface area contributed by atoms with Crippen LogP contribution < -0.4 is 14.9 Å². The fraction of sp³-hybridized carbons (Fsp3) is 0.421. The maximum absolute atomic E-state index is 11.6. The molecule has 0 spiro atoms. The Labute approximate surface area is 194 Å². The van der Waals surface area contributed by atoms with Crippen LogP contribution >= 0.6 is 35.3 Å². The number of aliphatic imine (C=N–C) groups is 1. The fourth-order valence-corrected chi connectivity index (χ4v) is 4.52. The van der Waals surface area contributed by atoms with Gasteiger partial charge in [-0.1, -0.05) is 18.2 Å². The van der Waals surface area contributed by atoms with Crippen molar-refractivity contribution in [3.63, 3.8) is 0 Å². The molecule has 0 radical (unpaired) electrons. The van der Waals surface area contributed by atoms with Crippen LogP contribution in [0.2, 0.25) is 0 Å². The number of guanidine groups is 1. The van der Waals surface area contributed by atoms with Gasteiger partial charge in [0.05, 0.1) is 23.5 Å². The lowest BCUT2D eigenvalue weighted by Gasteiger charge is -2.37. The summed E-state index contributed by atoms with van der Waals surface area (Å²) in [4.78, 5) is 9.43. The average molecular weight is 550 g/mol. The summed E-state index contributed by atoms with van der Waals surface area (Å²) in [6.07, 6.45) is 1.16. The molecule has 29 heavy (non-hydrogen) atoms. The number of rotatable bonds is 6. The molecule has 3 rings (SSSR count). The molecule has 0 atom stereocenters. The molecule has 0 aliphatic carbocycles. The molecule has 1 aromatic heterocycles. The number of hydrogen-bond acceptors (Lipinski definition) is 5. The summed E-state index contributed by atoms with van der Waals surface area (Å²) in [5.74, 6) is 0.863. The van der Waals surface area contributed by atoms with Crippen molar-refractivity contribution < 1.29 is 8.42 Å². The Hall–Kier alpha value is -1.53. The number of para-hydroxylation sites is 1. The van der Waals surface area contributed by atoms with Crippen molar-refractivity contribution in [3.8, 4) is 0 Å². The van der Waals surface area contributed by atoms with Gasteiger partial charge in [-0.05, 0) is 36.1 Å². The van der Waals surface area contributed by atoms with Gasteiger partial charge in [0.2, 0.25) is 10.0 Å². The monoisotopic (exact) mass is 549 g/mol. The highest BCUT2D eigenvalue weighted by Gasteiger charge is 2.20. The van der Waals surface area contributed by atoms with Gasteiger partial charge in [0.25, 0.3) is 0 Å². The van der Waals surface area contributed by atoms with E-state index in [9.17, 15) is 8.42 Å². The van der Waals surface area contributed by atoms with Crippen LogP contribution in [-0.2, 0) is 16.6 Å². The van der Waals surface area contributed by atoms with Gasteiger partial charge >= 0.3 is 0 Å². The summed E-state index contributed by atoms with van der Waals surface area (Å²) in [5, 5.41) is 6.78. The van der Waals surface area contributed by atoms with Crippen molar-refractivity contribution in [2.75, 3.05) is 48.6 Å². The number of thiophene rings is 1. The summed E-state index contributed by atoms with van der Waals surface area (Å²) in [7, 11) is -3.33. The lowest BCUT2D eigenvalue weighted by atomic mass is 10.2. The van der Waals surface area contributed by atoms with Gasteiger partial charge in [0.1, 0.15) is 0 Å². The van der Waals surface area contributed by atoms with Gasteiger partial charge in [0.15, 0.2) is 5.96 Å². The highest BCUT2D eigenvalue weighted by Crippen LogP contribution is 2.22. The number of nitrogens with one attached hydrogen (secondary N) is 2. The van der Waals surface area contributed by atoms with Gasteiger partial charge in [-0.2, -0.15) is 0 Å². The number of benzene rings is 1. The number of nitrogens with zero attached hydrogens (tertiary/aromatic N) is 3. The predicted octanol–water partition coefficient (Wildman–Crippen LogP) is 3.03. The molecule has 2 heterocycles. The molecule has 2 N–H and O–H groups in total. The highest BCUT2D eigenvalue weighted by molar-refractivity contribution is 14.0. The zero-order valence-electron chi connectivity index (χ0n) is 16.7. The molecule has 1 aromatic carbocycles. The summed E-state index contributed by atoms with van der Waals surface area (Å²) in [6.45, 7) is 6.95. The first kappa shape index (κ1) is 23.7. The van der Waals surface area contributed by atoms with Gasteiger partial charge in [-0.15, -0.1) is 35.3 Å². The van der Waals surface area contributed by atoms with E-state index in [0.29, 0.717) is 12.2 Å². The molecule has 7 nitrogen and oxygen atoms in total. The minimum absolute atomic E-state index is 0. The van der Waals surface area contributed by atoms with E-state index in [-0.39, 0.29) is 24.0 Å². The molecule has 1 saturated heterocycles. The van der Waals surface area contributed by atoms with Crippen LogP contribution in [0.15, 0.2) is 46.8 Å². The molecule has 1 fully saturated rings. The van der Waals surface area contributed by atoms with Crippen molar-refractivity contribution in [2.24, 2.45) is 4.99 Å². The Balaban J connectivity index is 0.00000300. The van der Waals surface area contributed by atoms with E-state index >= 15 is 0 Å². The van der Waals surface area contributed by atoms with Gasteiger partial charge in [-0.25, -0.2) is 13.4 Å². The van der Waals surface area contributed by atoms with Crippen LogP contribution in [0.5, 0.6) is 0 Å². The largest absolute Gasteiger partial charge is 0.360 e. The number of sulfonamides is 1. The normalized spacial score (nSPS) is 15.0. The number of piperazine rings is 1. The number of hydrogen-bond donors (Lipinski definition) is 2. The van der Waals surface area contributed by atoms with E-state index in [1.807, 2.05) is 18.2 Å². The second-order valence-electron chi connectivity index (χ2n) is 6.63. The molecule has 0 unspecified atom stereocenters. The molecule has 10 heteroatoms. The van der Waals surface area contributed by atoms with Crippen LogP contribution in [0.4, 0.5) is 10.7 Å². The first-order valence-electron chi connectivity index (χ1n) is 9.33. The molecule has 0 bridgehead atoms. The second-order valence-corrected chi connectivity index (χ2v) is 9.30. The summed E-state index contributed by atoms with van der Waals surface area (Å²) < 4.78 is 25.8. The van der Waals surface area contributed by atoms with Gasteiger partial charge in [0, 0.05) is 32.7 Å². The quantitative estimate of drug-likeness (QED) is 0.329. The molecule has 160 valence electrons. The SMILES string of the molecule is CCNC(=NCc1ccccc1NS(C)(=O)=O)N1CCN(c2cccs2)CC1.I. The fourth-order valence-electron chi connectivity index (χ4n) is 3.13. The third-order valence-electron chi connectivity index (χ3n) is 4.44. The van der Waals surface area contributed by atoms with E-state index in [4.69, 9.17) is 4.99 Å². The standard InChI is InChI=1S/C19H27N5O2S2.HI/c1-3-20-19(24-12-10-23(11-13-24)18-9-6-14-27-18)21-15-16-7-4-5-8-17(16)22-28(2,25)26;/h4-9,14,22H,3,10-13,15H2,1-2H3,(H,20,21);1H. The van der Waals surface area contributed by atoms with Gasteiger partial charge < -0.3 is 15.1 Å². The number of anilines is 2. The maximum atomic E-state index is 11.6. The van der Waals surface area contributed by atoms with E-state index in [1.54, 1.807) is 17.4 Å². The molecular formula is C19H28IN5O2S2. The Bertz CT molecular complexity index is 895. The second kappa shape index (κ2) is 11.0. The maximum Gasteiger partial charge on any atom is 0.229 e. The molecule has 1 aliphatic heterocycles. The molecule has 0 amide bonds. The van der Waals surface area contributed by atoms with Crippen LogP contribution in [0.1, 0.15) is 12.5 Å². The van der Waals surface area contributed by atoms with Crippen LogP contribution in [-0.4, -0.2) is 58.3 Å². The van der Waals surface area contributed by atoms with Crippen LogP contribution in [0, 0.1) is 0 Å². The Kier molecular flexibility index (Phi) is 9.03. The number of halogens is 1. The Morgan fingerprint density at radius 1 is 1.14 bits per heavy atom. The summed E-state index contributed by atoms with van der Waals surface area (Å²) >= 11 is 1.77. The van der Waals surface area contributed by atoms with Crippen molar-refractivity contribution >= 4 is 62.0 Å². The third-order valence-corrected chi connectivity index (χ3v) is 5.96. The van der Waals surface area contributed by atoms with Crippen molar-refractivity contribution in [1.82, 2.24) is 10.2 Å². The zero-order valence-corrected chi connectivity index (χ0v) is 20.6. The molecule has 2 aromatic rings. The van der Waals surface area contributed by atoms with Crippen molar-refractivity contribution in [1.29, 1.82) is 0 Å². The van der Waals surface area contributed by atoms with E-state index in [1.165, 1.54) is 5.00 Å². The lowest BCUT2D eigenvalue weighted by Crippen LogP contribution is -2.52.